The molecule has 0 atom stereocenters. The molecule has 0 bridgehead atoms. The van der Waals surface area contributed by atoms with Gasteiger partial charge in [-0.25, -0.2) is 0 Å². The fraction of sp³-hybridized carbons (Fsp3) is 0.929. The summed E-state index contributed by atoms with van der Waals surface area (Å²) in [7, 11) is -0.105. The maximum atomic E-state index is 8.54. The molecule has 0 amide bonds. The Morgan fingerprint density at radius 3 is 1.89 bits per heavy atom. The third-order valence-electron chi connectivity index (χ3n) is 2.83. The molecule has 4 heteroatoms. The van der Waals surface area contributed by atoms with Gasteiger partial charge in [-0.05, 0) is 25.6 Å². The number of rotatable bonds is 13. The number of hydrogen-bond donors (Lipinski definition) is 0. The van der Waals surface area contributed by atoms with Crippen LogP contribution >= 0.6 is 0 Å². The van der Waals surface area contributed by atoms with Crippen molar-refractivity contribution < 1.29 is 9.31 Å². The highest BCUT2D eigenvalue weighted by molar-refractivity contribution is 6.44. The van der Waals surface area contributed by atoms with Gasteiger partial charge in [0.1, 0.15) is 0 Å². The van der Waals surface area contributed by atoms with Crippen LogP contribution in [0.1, 0.15) is 65.2 Å². The van der Waals surface area contributed by atoms with E-state index in [9.17, 15) is 0 Å². The average molecular weight is 253 g/mol. The third-order valence-corrected chi connectivity index (χ3v) is 2.83. The van der Waals surface area contributed by atoms with E-state index in [0.29, 0.717) is 6.42 Å². The van der Waals surface area contributed by atoms with E-state index in [1.807, 2.05) is 0 Å². The molecule has 0 aromatic carbocycles. The molecule has 104 valence electrons. The molecule has 0 fully saturated rings. The monoisotopic (exact) mass is 253 g/mol. The van der Waals surface area contributed by atoms with Crippen molar-refractivity contribution in [2.24, 2.45) is 0 Å². The lowest BCUT2D eigenvalue weighted by molar-refractivity contribution is 0.189. The molecule has 0 aliphatic rings. The van der Waals surface area contributed by atoms with Crippen LogP contribution in [0.4, 0.5) is 0 Å². The van der Waals surface area contributed by atoms with Gasteiger partial charge in [-0.3, -0.25) is 0 Å². The highest BCUT2D eigenvalue weighted by Gasteiger charge is 2.17. The molecular formula is C14H28BNO2. The fourth-order valence-electron chi connectivity index (χ4n) is 1.70. The van der Waals surface area contributed by atoms with Crippen LogP contribution in [0.5, 0.6) is 0 Å². The number of hydrogen-bond acceptors (Lipinski definition) is 3. The van der Waals surface area contributed by atoms with Crippen molar-refractivity contribution in [1.29, 1.82) is 5.26 Å². The van der Waals surface area contributed by atoms with E-state index in [0.717, 1.165) is 38.8 Å². The minimum Gasteiger partial charge on any atom is -0.411 e. The van der Waals surface area contributed by atoms with Crippen molar-refractivity contribution in [1.82, 2.24) is 0 Å². The summed E-state index contributed by atoms with van der Waals surface area (Å²) in [6.45, 7) is 5.93. The van der Waals surface area contributed by atoms with Crippen LogP contribution in [0.3, 0.4) is 0 Å². The molecule has 0 heterocycles. The van der Waals surface area contributed by atoms with E-state index >= 15 is 0 Å². The topological polar surface area (TPSA) is 42.2 Å². The van der Waals surface area contributed by atoms with Gasteiger partial charge in [0.25, 0.3) is 0 Å². The Balaban J connectivity index is 3.66. The summed E-state index contributed by atoms with van der Waals surface area (Å²) in [6, 6.07) is 2.16. The molecule has 0 unspecified atom stereocenters. The molecule has 0 aromatic heterocycles. The van der Waals surface area contributed by atoms with Crippen molar-refractivity contribution in [3.05, 3.63) is 0 Å². The van der Waals surface area contributed by atoms with Crippen LogP contribution in [-0.2, 0) is 9.31 Å². The smallest absolute Gasteiger partial charge is 0.411 e. The second kappa shape index (κ2) is 14.5. The van der Waals surface area contributed by atoms with Gasteiger partial charge in [-0.15, -0.1) is 0 Å². The van der Waals surface area contributed by atoms with Crippen LogP contribution in [-0.4, -0.2) is 20.3 Å². The van der Waals surface area contributed by atoms with Crippen molar-refractivity contribution in [3.8, 4) is 6.07 Å². The zero-order valence-corrected chi connectivity index (χ0v) is 12.1. The van der Waals surface area contributed by atoms with Gasteiger partial charge >= 0.3 is 7.12 Å². The molecule has 0 rings (SSSR count). The summed E-state index contributed by atoms with van der Waals surface area (Å²) in [6.07, 6.45) is 9.33. The lowest BCUT2D eigenvalue weighted by Gasteiger charge is -2.14. The summed E-state index contributed by atoms with van der Waals surface area (Å²) in [4.78, 5) is 0. The Kier molecular flexibility index (Phi) is 14.1. The fourth-order valence-corrected chi connectivity index (χ4v) is 1.70. The Hall–Kier alpha value is -0.525. The van der Waals surface area contributed by atoms with E-state index in [-0.39, 0.29) is 7.12 Å². The van der Waals surface area contributed by atoms with E-state index in [1.165, 1.54) is 25.7 Å². The SMILES string of the molecule is CCCCCOB(CCCC#N)OCCCCC. The highest BCUT2D eigenvalue weighted by atomic mass is 16.6. The van der Waals surface area contributed by atoms with Gasteiger partial charge in [0, 0.05) is 19.6 Å². The summed E-state index contributed by atoms with van der Waals surface area (Å²) in [5, 5.41) is 8.54. The first kappa shape index (κ1) is 17.5. The Morgan fingerprint density at radius 1 is 0.889 bits per heavy atom. The molecule has 3 nitrogen and oxygen atoms in total. The quantitative estimate of drug-likeness (QED) is 0.365. The molecular weight excluding hydrogens is 225 g/mol. The van der Waals surface area contributed by atoms with Crippen molar-refractivity contribution in [2.45, 2.75) is 71.5 Å². The van der Waals surface area contributed by atoms with Crippen LogP contribution in [0.2, 0.25) is 6.32 Å². The van der Waals surface area contributed by atoms with Gasteiger partial charge < -0.3 is 9.31 Å². The molecule has 0 radical (unpaired) electrons. The standard InChI is InChI=1S/C14H28BNO2/c1-3-5-9-13-17-15(11-7-8-12-16)18-14-10-6-4-2/h3-11,13-14H2,1-2H3. The summed E-state index contributed by atoms with van der Waals surface area (Å²) >= 11 is 0. The van der Waals surface area contributed by atoms with Crippen LogP contribution in [0, 0.1) is 11.3 Å². The molecule has 0 N–H and O–H groups in total. The van der Waals surface area contributed by atoms with Gasteiger partial charge in [-0.1, -0.05) is 39.5 Å². The molecule has 0 aliphatic carbocycles. The summed E-state index contributed by atoms with van der Waals surface area (Å²) in [5.41, 5.74) is 0. The Morgan fingerprint density at radius 2 is 1.44 bits per heavy atom. The van der Waals surface area contributed by atoms with E-state index in [2.05, 4.69) is 19.9 Å². The molecule has 0 aliphatic heterocycles. The lowest BCUT2D eigenvalue weighted by Crippen LogP contribution is -2.24. The zero-order valence-electron chi connectivity index (χ0n) is 12.1. The van der Waals surface area contributed by atoms with E-state index in [4.69, 9.17) is 14.6 Å². The van der Waals surface area contributed by atoms with Crippen molar-refractivity contribution in [2.75, 3.05) is 13.2 Å². The van der Waals surface area contributed by atoms with Crippen molar-refractivity contribution in [3.63, 3.8) is 0 Å². The number of nitriles is 1. The minimum absolute atomic E-state index is 0.105. The van der Waals surface area contributed by atoms with Gasteiger partial charge in [0.2, 0.25) is 0 Å². The minimum atomic E-state index is -0.105. The van der Waals surface area contributed by atoms with Crippen LogP contribution in [0.15, 0.2) is 0 Å². The third kappa shape index (κ3) is 11.9. The second-order valence-corrected chi connectivity index (χ2v) is 4.64. The maximum absolute atomic E-state index is 8.54. The molecule has 0 spiro atoms. The van der Waals surface area contributed by atoms with E-state index in [1.54, 1.807) is 0 Å². The molecule has 0 aromatic rings. The predicted molar refractivity (Wildman–Crippen MR) is 76.4 cm³/mol. The van der Waals surface area contributed by atoms with Gasteiger partial charge in [0.05, 0.1) is 6.07 Å². The lowest BCUT2D eigenvalue weighted by atomic mass is 9.82. The zero-order chi connectivity index (χ0) is 13.5. The summed E-state index contributed by atoms with van der Waals surface area (Å²) in [5.74, 6) is 0. The van der Waals surface area contributed by atoms with Gasteiger partial charge in [0.15, 0.2) is 0 Å². The predicted octanol–water partition coefficient (Wildman–Crippen LogP) is 4.19. The molecule has 0 saturated heterocycles. The highest BCUT2D eigenvalue weighted by Crippen LogP contribution is 2.07. The number of nitrogens with zero attached hydrogens (tertiary/aromatic N) is 1. The molecule has 18 heavy (non-hydrogen) atoms. The van der Waals surface area contributed by atoms with Gasteiger partial charge in [-0.2, -0.15) is 5.26 Å². The Bertz CT molecular complexity index is 194. The average Bonchev–Trinajstić information content (AvgIpc) is 2.39. The number of unbranched alkanes of at least 4 members (excludes halogenated alkanes) is 5. The van der Waals surface area contributed by atoms with Crippen LogP contribution in [0.25, 0.3) is 0 Å². The first-order valence-electron chi connectivity index (χ1n) is 7.45. The maximum Gasteiger partial charge on any atom is 0.456 e. The normalized spacial score (nSPS) is 10.3. The first-order valence-corrected chi connectivity index (χ1v) is 7.45. The summed E-state index contributed by atoms with van der Waals surface area (Å²) < 4.78 is 11.5. The second-order valence-electron chi connectivity index (χ2n) is 4.64. The first-order chi connectivity index (χ1) is 8.85. The molecule has 0 saturated carbocycles. The Labute approximate surface area is 113 Å². The largest absolute Gasteiger partial charge is 0.456 e. The van der Waals surface area contributed by atoms with Crippen molar-refractivity contribution >= 4 is 7.12 Å². The van der Waals surface area contributed by atoms with E-state index < -0.39 is 0 Å². The van der Waals surface area contributed by atoms with Crippen LogP contribution < -0.4 is 0 Å².